The van der Waals surface area contributed by atoms with Crippen molar-refractivity contribution in [3.8, 4) is 10.4 Å². The van der Waals surface area contributed by atoms with Gasteiger partial charge in [0.25, 0.3) is 0 Å². The lowest BCUT2D eigenvalue weighted by Crippen LogP contribution is -2.52. The van der Waals surface area contributed by atoms with Gasteiger partial charge in [-0.2, -0.15) is 0 Å². The van der Waals surface area contributed by atoms with Crippen molar-refractivity contribution in [3.05, 3.63) is 39.8 Å². The highest BCUT2D eigenvalue weighted by molar-refractivity contribution is 7.15. The van der Waals surface area contributed by atoms with Gasteiger partial charge in [-0.3, -0.25) is 13.9 Å². The fourth-order valence-corrected chi connectivity index (χ4v) is 4.14. The van der Waals surface area contributed by atoms with E-state index in [4.69, 9.17) is 4.74 Å². The van der Waals surface area contributed by atoms with Crippen LogP contribution in [0, 0.1) is 0 Å². The maximum absolute atomic E-state index is 13.0. The Kier molecular flexibility index (Phi) is 4.56. The molecule has 142 valence electrons. The third-order valence-corrected chi connectivity index (χ3v) is 5.80. The lowest BCUT2D eigenvalue weighted by Gasteiger charge is -2.34. The van der Waals surface area contributed by atoms with E-state index in [1.54, 1.807) is 31.7 Å². The molecule has 1 fully saturated rings. The molecule has 3 aromatic rings. The minimum Gasteiger partial charge on any atom is -0.379 e. The smallest absolute Gasteiger partial charge is 0.330 e. The van der Waals surface area contributed by atoms with Crippen LogP contribution < -0.4 is 5.69 Å². The average Bonchev–Trinajstić information content (AvgIpc) is 3.18. The number of methoxy groups -OCH3 is 1. The summed E-state index contributed by atoms with van der Waals surface area (Å²) < 4.78 is 21.0. The van der Waals surface area contributed by atoms with Gasteiger partial charge in [0.15, 0.2) is 5.65 Å². The van der Waals surface area contributed by atoms with E-state index in [0.717, 1.165) is 15.3 Å². The maximum atomic E-state index is 13.0. The molecule has 4 heterocycles. The van der Waals surface area contributed by atoms with Crippen molar-refractivity contribution in [1.82, 2.24) is 19.0 Å². The summed E-state index contributed by atoms with van der Waals surface area (Å²) >= 11 is 1.59. The molecular formula is C18H19FN4O3S. The molecule has 0 unspecified atom stereocenters. The van der Waals surface area contributed by atoms with Crippen LogP contribution in [0.2, 0.25) is 0 Å². The van der Waals surface area contributed by atoms with Crippen molar-refractivity contribution in [3.63, 3.8) is 0 Å². The summed E-state index contributed by atoms with van der Waals surface area (Å²) in [4.78, 5) is 32.9. The molecule has 7 nitrogen and oxygen atoms in total. The van der Waals surface area contributed by atoms with Crippen LogP contribution in [-0.2, 0) is 29.7 Å². The summed E-state index contributed by atoms with van der Waals surface area (Å²) in [6.45, 7) is 0.613. The van der Waals surface area contributed by atoms with Gasteiger partial charge < -0.3 is 9.64 Å². The van der Waals surface area contributed by atoms with Gasteiger partial charge in [0.2, 0.25) is 5.91 Å². The van der Waals surface area contributed by atoms with Crippen LogP contribution in [-0.4, -0.2) is 51.3 Å². The fourth-order valence-electron chi connectivity index (χ4n) is 3.18. The summed E-state index contributed by atoms with van der Waals surface area (Å²) in [5.74, 6) is -0.262. The Morgan fingerprint density at radius 2 is 2.19 bits per heavy atom. The number of rotatable bonds is 5. The highest BCUT2D eigenvalue weighted by atomic mass is 32.1. The minimum atomic E-state index is -0.966. The van der Waals surface area contributed by atoms with Crippen LogP contribution >= 0.6 is 11.3 Å². The Hall–Kier alpha value is -2.52. The molecule has 3 aromatic heterocycles. The molecule has 1 aliphatic heterocycles. The first kappa shape index (κ1) is 17.9. The molecule has 0 aliphatic carbocycles. The van der Waals surface area contributed by atoms with E-state index in [9.17, 15) is 14.0 Å². The number of aromatic nitrogens is 3. The molecule has 0 saturated carbocycles. The number of aryl methyl sites for hydroxylation is 1. The number of fused-ring (bicyclic) bond motifs is 1. The van der Waals surface area contributed by atoms with E-state index >= 15 is 0 Å². The Morgan fingerprint density at radius 1 is 1.41 bits per heavy atom. The summed E-state index contributed by atoms with van der Waals surface area (Å²) in [6.07, 6.45) is 0.756. The maximum Gasteiger partial charge on any atom is 0.330 e. The third-order valence-electron chi connectivity index (χ3n) is 4.69. The second kappa shape index (κ2) is 6.90. The first-order chi connectivity index (χ1) is 13.0. The molecular weight excluding hydrogens is 371 g/mol. The predicted molar refractivity (Wildman–Crippen MR) is 100 cm³/mol. The molecule has 0 bridgehead atoms. The Balaban J connectivity index is 1.71. The molecule has 1 aliphatic rings. The monoisotopic (exact) mass is 390 g/mol. The Morgan fingerprint density at radius 3 is 2.89 bits per heavy atom. The number of likely N-dealkylation sites (tertiary alicyclic amines) is 1. The number of carbonyl (C=O) groups excluding carboxylic acids is 1. The van der Waals surface area contributed by atoms with Crippen molar-refractivity contribution in [2.24, 2.45) is 7.05 Å². The number of hydrogen-bond acceptors (Lipinski definition) is 5. The predicted octanol–water partition coefficient (Wildman–Crippen LogP) is 1.79. The summed E-state index contributed by atoms with van der Waals surface area (Å²) in [7, 11) is 3.28. The fraction of sp³-hybridized carbons (Fsp3) is 0.389. The van der Waals surface area contributed by atoms with Crippen LogP contribution in [0.15, 0.2) is 29.2 Å². The SMILES string of the molecule is COCc1ccc(-c2cnc3c(c2)n(CC(=O)N2CC(F)C2)c(=O)n3C)s1. The van der Waals surface area contributed by atoms with Crippen molar-refractivity contribution in [1.29, 1.82) is 0 Å². The molecule has 0 spiro atoms. The van der Waals surface area contributed by atoms with E-state index in [0.29, 0.717) is 17.8 Å². The van der Waals surface area contributed by atoms with E-state index in [-0.39, 0.29) is 31.2 Å². The van der Waals surface area contributed by atoms with E-state index in [1.807, 2.05) is 18.2 Å². The number of thiophene rings is 1. The summed E-state index contributed by atoms with van der Waals surface area (Å²) in [5, 5.41) is 0. The van der Waals surface area contributed by atoms with Crippen molar-refractivity contribution in [2.75, 3.05) is 20.2 Å². The van der Waals surface area contributed by atoms with E-state index in [1.165, 1.54) is 14.0 Å². The highest BCUT2D eigenvalue weighted by Gasteiger charge is 2.31. The number of carbonyl (C=O) groups is 1. The highest BCUT2D eigenvalue weighted by Crippen LogP contribution is 2.29. The number of pyridine rings is 1. The molecule has 0 radical (unpaired) electrons. The number of alkyl halides is 1. The second-order valence-corrected chi connectivity index (χ2v) is 7.76. The van der Waals surface area contributed by atoms with Gasteiger partial charge in [-0.15, -0.1) is 11.3 Å². The molecule has 0 N–H and O–H groups in total. The average molecular weight is 390 g/mol. The molecule has 0 aromatic carbocycles. The summed E-state index contributed by atoms with van der Waals surface area (Å²) in [6, 6.07) is 5.85. The molecule has 1 amide bonds. The van der Waals surface area contributed by atoms with Crippen LogP contribution in [0.5, 0.6) is 0 Å². The first-order valence-corrected chi connectivity index (χ1v) is 9.34. The van der Waals surface area contributed by atoms with Gasteiger partial charge >= 0.3 is 5.69 Å². The van der Waals surface area contributed by atoms with Gasteiger partial charge in [-0.1, -0.05) is 0 Å². The second-order valence-electron chi connectivity index (χ2n) is 6.59. The van der Waals surface area contributed by atoms with Crippen LogP contribution in [0.25, 0.3) is 21.6 Å². The quantitative estimate of drug-likeness (QED) is 0.666. The topological polar surface area (TPSA) is 69.4 Å². The van der Waals surface area contributed by atoms with Crippen LogP contribution in [0.4, 0.5) is 4.39 Å². The number of halogens is 1. The third kappa shape index (κ3) is 3.17. The van der Waals surface area contributed by atoms with Gasteiger partial charge in [-0.25, -0.2) is 14.2 Å². The Bertz CT molecular complexity index is 1060. The van der Waals surface area contributed by atoms with Gasteiger partial charge in [0.1, 0.15) is 12.7 Å². The van der Waals surface area contributed by atoms with Gasteiger partial charge in [-0.05, 0) is 18.2 Å². The van der Waals surface area contributed by atoms with Gasteiger partial charge in [0.05, 0.1) is 25.2 Å². The zero-order valence-corrected chi connectivity index (χ0v) is 15.8. The first-order valence-electron chi connectivity index (χ1n) is 8.53. The van der Waals surface area contributed by atoms with Crippen molar-refractivity contribution < 1.29 is 13.9 Å². The molecule has 4 rings (SSSR count). The lowest BCUT2D eigenvalue weighted by molar-refractivity contribution is -0.138. The molecule has 0 atom stereocenters. The normalized spacial score (nSPS) is 14.7. The number of nitrogens with zero attached hydrogens (tertiary/aromatic N) is 4. The number of ether oxygens (including phenoxy) is 1. The molecule has 27 heavy (non-hydrogen) atoms. The minimum absolute atomic E-state index is 0.0965. The molecule has 1 saturated heterocycles. The van der Waals surface area contributed by atoms with Crippen molar-refractivity contribution in [2.45, 2.75) is 19.3 Å². The number of imidazole rings is 1. The van der Waals surface area contributed by atoms with Crippen LogP contribution in [0.3, 0.4) is 0 Å². The number of amides is 1. The van der Waals surface area contributed by atoms with E-state index < -0.39 is 6.17 Å². The van der Waals surface area contributed by atoms with Crippen molar-refractivity contribution >= 4 is 28.4 Å². The van der Waals surface area contributed by atoms with Crippen LogP contribution in [0.1, 0.15) is 4.88 Å². The lowest BCUT2D eigenvalue weighted by atomic mass is 10.2. The zero-order chi connectivity index (χ0) is 19.1. The van der Waals surface area contributed by atoms with Gasteiger partial charge in [0, 0.05) is 35.7 Å². The summed E-state index contributed by atoms with van der Waals surface area (Å²) in [5.41, 5.74) is 1.66. The molecule has 9 heteroatoms. The number of hydrogen-bond donors (Lipinski definition) is 0. The largest absolute Gasteiger partial charge is 0.379 e. The standard InChI is InChI=1S/C18H19FN4O3S/c1-21-17-14(23(18(21)25)9-16(24)22-7-12(19)8-22)5-11(6-20-17)15-4-3-13(27-15)10-26-2/h3-6,12H,7-10H2,1-2H3. The zero-order valence-electron chi connectivity index (χ0n) is 15.0. The Labute approximate surface area is 158 Å². The van der Waals surface area contributed by atoms with E-state index in [2.05, 4.69) is 4.98 Å².